The van der Waals surface area contributed by atoms with Gasteiger partial charge in [-0.05, 0) is 24.3 Å². The lowest BCUT2D eigenvalue weighted by molar-refractivity contribution is 0.0474. The number of nitrogens with zero attached hydrogens (tertiary/aromatic N) is 2. The zero-order chi connectivity index (χ0) is 12.8. The average Bonchev–Trinajstić information content (AvgIpc) is 2.46. The fourth-order valence-corrected chi connectivity index (χ4v) is 1.31. The van der Waals surface area contributed by atoms with E-state index in [1.165, 1.54) is 12.4 Å². The van der Waals surface area contributed by atoms with Gasteiger partial charge in [-0.15, -0.1) is 0 Å². The Bertz CT molecular complexity index is 489. The van der Waals surface area contributed by atoms with Gasteiger partial charge in [-0.1, -0.05) is 0 Å². The first-order valence-electron chi connectivity index (χ1n) is 5.28. The normalized spacial score (nSPS) is 9.78. The molecule has 0 amide bonds. The van der Waals surface area contributed by atoms with E-state index in [0.717, 1.165) is 0 Å². The number of hydrogen-bond acceptors (Lipinski definition) is 5. The molecule has 2 heterocycles. The molecule has 5 heteroatoms. The van der Waals surface area contributed by atoms with Crippen molar-refractivity contribution in [1.82, 2.24) is 9.97 Å². The van der Waals surface area contributed by atoms with Crippen molar-refractivity contribution in [2.24, 2.45) is 0 Å². The molecular weight excluding hydrogens is 232 g/mol. The Morgan fingerprint density at radius 1 is 1.00 bits per heavy atom. The smallest absolute Gasteiger partial charge is 0.340 e. The van der Waals surface area contributed by atoms with E-state index in [1.807, 2.05) is 0 Å². The zero-order valence-corrected chi connectivity index (χ0v) is 9.45. The van der Waals surface area contributed by atoms with Crippen LogP contribution in [0.4, 0.5) is 0 Å². The number of ketones is 1. The molecule has 90 valence electrons. The van der Waals surface area contributed by atoms with E-state index >= 15 is 0 Å². The molecule has 0 saturated carbocycles. The minimum atomic E-state index is -0.569. The molecule has 18 heavy (non-hydrogen) atoms. The van der Waals surface area contributed by atoms with Crippen molar-refractivity contribution in [2.45, 2.75) is 0 Å². The Kier molecular flexibility index (Phi) is 3.76. The van der Waals surface area contributed by atoms with Gasteiger partial charge in [0, 0.05) is 30.4 Å². The third-order valence-corrected chi connectivity index (χ3v) is 2.22. The summed E-state index contributed by atoms with van der Waals surface area (Å²) in [5, 5.41) is 0. The van der Waals surface area contributed by atoms with Crippen LogP contribution >= 0.6 is 0 Å². The Morgan fingerprint density at radius 2 is 1.61 bits per heavy atom. The number of ether oxygens (including phenoxy) is 1. The van der Waals surface area contributed by atoms with Crippen LogP contribution in [0.25, 0.3) is 0 Å². The molecule has 0 atom stereocenters. The summed E-state index contributed by atoms with van der Waals surface area (Å²) in [5.41, 5.74) is 0.730. The van der Waals surface area contributed by atoms with Crippen molar-refractivity contribution in [3.63, 3.8) is 0 Å². The topological polar surface area (TPSA) is 69.2 Å². The Morgan fingerprint density at radius 3 is 2.17 bits per heavy atom. The summed E-state index contributed by atoms with van der Waals surface area (Å²) in [6, 6.07) is 6.47. The van der Waals surface area contributed by atoms with Crippen molar-refractivity contribution in [3.05, 3.63) is 60.2 Å². The summed E-state index contributed by atoms with van der Waals surface area (Å²) in [5.74, 6) is -0.860. The second-order valence-corrected chi connectivity index (χ2v) is 3.48. The standard InChI is InChI=1S/C13H10N2O3/c16-12(10-3-1-5-14-7-10)9-18-13(17)11-4-2-6-15-8-11/h1-8H,9H2. The summed E-state index contributed by atoms with van der Waals surface area (Å²) < 4.78 is 4.89. The Hall–Kier alpha value is -2.56. The molecule has 0 bridgehead atoms. The van der Waals surface area contributed by atoms with Crippen LogP contribution in [0.2, 0.25) is 0 Å². The molecule has 0 saturated heterocycles. The van der Waals surface area contributed by atoms with E-state index in [9.17, 15) is 9.59 Å². The summed E-state index contributed by atoms with van der Waals surface area (Å²) in [6.07, 6.45) is 5.94. The van der Waals surface area contributed by atoms with Crippen LogP contribution in [0.3, 0.4) is 0 Å². The monoisotopic (exact) mass is 242 g/mol. The number of carbonyl (C=O) groups is 2. The highest BCUT2D eigenvalue weighted by Gasteiger charge is 2.11. The molecule has 0 aliphatic heterocycles. The predicted molar refractivity (Wildman–Crippen MR) is 63.1 cm³/mol. The number of rotatable bonds is 4. The minimum absolute atomic E-state index is 0.291. The van der Waals surface area contributed by atoms with Crippen molar-refractivity contribution < 1.29 is 14.3 Å². The number of hydrogen-bond donors (Lipinski definition) is 0. The molecule has 0 unspecified atom stereocenters. The van der Waals surface area contributed by atoms with E-state index in [0.29, 0.717) is 11.1 Å². The maximum atomic E-state index is 11.6. The predicted octanol–water partition coefficient (Wildman–Crippen LogP) is 1.52. The molecule has 0 aromatic carbocycles. The van der Waals surface area contributed by atoms with Gasteiger partial charge in [0.15, 0.2) is 6.61 Å². The van der Waals surface area contributed by atoms with Crippen molar-refractivity contribution in [3.8, 4) is 0 Å². The molecule has 2 aromatic heterocycles. The molecule has 0 aliphatic carbocycles. The molecule has 0 N–H and O–H groups in total. The molecule has 0 aliphatic rings. The first kappa shape index (κ1) is 11.9. The first-order valence-corrected chi connectivity index (χ1v) is 5.28. The van der Waals surface area contributed by atoms with Crippen LogP contribution in [0.15, 0.2) is 49.1 Å². The van der Waals surface area contributed by atoms with Crippen molar-refractivity contribution in [2.75, 3.05) is 6.61 Å². The Balaban J connectivity index is 1.93. The third kappa shape index (κ3) is 2.98. The summed E-state index contributed by atoms with van der Waals surface area (Å²) in [7, 11) is 0. The lowest BCUT2D eigenvalue weighted by Gasteiger charge is -2.03. The van der Waals surface area contributed by atoms with Gasteiger partial charge in [0.1, 0.15) is 0 Å². The summed E-state index contributed by atoms with van der Waals surface area (Å²) in [6.45, 7) is -0.306. The van der Waals surface area contributed by atoms with Gasteiger partial charge in [0.05, 0.1) is 5.56 Å². The lowest BCUT2D eigenvalue weighted by Crippen LogP contribution is -2.14. The van der Waals surface area contributed by atoms with Crippen LogP contribution < -0.4 is 0 Å². The maximum Gasteiger partial charge on any atom is 0.340 e. The van der Waals surface area contributed by atoms with Gasteiger partial charge < -0.3 is 4.74 Å². The fourth-order valence-electron chi connectivity index (χ4n) is 1.31. The molecule has 0 radical (unpaired) electrons. The first-order chi connectivity index (χ1) is 8.77. The van der Waals surface area contributed by atoms with Gasteiger partial charge in [0.2, 0.25) is 5.78 Å². The number of aromatic nitrogens is 2. The lowest BCUT2D eigenvalue weighted by atomic mass is 10.2. The highest BCUT2D eigenvalue weighted by molar-refractivity contribution is 5.99. The second-order valence-electron chi connectivity index (χ2n) is 3.48. The van der Waals surface area contributed by atoms with E-state index in [4.69, 9.17) is 4.74 Å². The fraction of sp³-hybridized carbons (Fsp3) is 0.0769. The zero-order valence-electron chi connectivity index (χ0n) is 9.45. The highest BCUT2D eigenvalue weighted by atomic mass is 16.5. The maximum absolute atomic E-state index is 11.6. The number of esters is 1. The van der Waals surface area contributed by atoms with Gasteiger partial charge >= 0.3 is 5.97 Å². The largest absolute Gasteiger partial charge is 0.454 e. The van der Waals surface area contributed by atoms with Gasteiger partial charge in [-0.25, -0.2) is 4.79 Å². The molecule has 2 rings (SSSR count). The quantitative estimate of drug-likeness (QED) is 0.600. The van der Waals surface area contributed by atoms with E-state index in [2.05, 4.69) is 9.97 Å². The SMILES string of the molecule is O=C(COC(=O)c1cccnc1)c1cccnc1. The summed E-state index contributed by atoms with van der Waals surface area (Å²) in [4.78, 5) is 30.8. The molecular formula is C13H10N2O3. The summed E-state index contributed by atoms with van der Waals surface area (Å²) >= 11 is 0. The number of Topliss-reactive ketones (excluding diaryl/α,β-unsaturated/α-hetero) is 1. The molecule has 5 nitrogen and oxygen atoms in total. The van der Waals surface area contributed by atoms with Gasteiger partial charge in [0.25, 0.3) is 0 Å². The number of pyridine rings is 2. The number of carbonyl (C=O) groups excluding carboxylic acids is 2. The molecule has 2 aromatic rings. The molecule has 0 fully saturated rings. The average molecular weight is 242 g/mol. The minimum Gasteiger partial charge on any atom is -0.454 e. The van der Waals surface area contributed by atoms with Crippen LogP contribution in [0, 0.1) is 0 Å². The third-order valence-electron chi connectivity index (χ3n) is 2.22. The van der Waals surface area contributed by atoms with Crippen LogP contribution in [0.5, 0.6) is 0 Å². The van der Waals surface area contributed by atoms with Gasteiger partial charge in [-0.3, -0.25) is 14.8 Å². The van der Waals surface area contributed by atoms with E-state index < -0.39 is 5.97 Å². The van der Waals surface area contributed by atoms with Crippen molar-refractivity contribution in [1.29, 1.82) is 0 Å². The second kappa shape index (κ2) is 5.67. The van der Waals surface area contributed by atoms with Crippen LogP contribution in [0.1, 0.15) is 20.7 Å². The van der Waals surface area contributed by atoms with Crippen LogP contribution in [-0.2, 0) is 4.74 Å². The Labute approximate surface area is 103 Å². The molecule has 0 spiro atoms. The highest BCUT2D eigenvalue weighted by Crippen LogP contribution is 2.02. The van der Waals surface area contributed by atoms with E-state index in [-0.39, 0.29) is 12.4 Å². The van der Waals surface area contributed by atoms with Crippen molar-refractivity contribution >= 4 is 11.8 Å². The van der Waals surface area contributed by atoms with E-state index in [1.54, 1.807) is 36.7 Å². The van der Waals surface area contributed by atoms with Crippen LogP contribution in [-0.4, -0.2) is 28.3 Å². The van der Waals surface area contributed by atoms with Gasteiger partial charge in [-0.2, -0.15) is 0 Å².